The van der Waals surface area contributed by atoms with Crippen molar-refractivity contribution in [2.75, 3.05) is 13.6 Å². The first-order valence-corrected chi connectivity index (χ1v) is 7.09. The molecule has 0 atom stereocenters. The van der Waals surface area contributed by atoms with E-state index in [2.05, 4.69) is 0 Å². The Kier molecular flexibility index (Phi) is 4.80. The Bertz CT molecular complexity index is 517. The number of nitrogens with zero attached hydrogens (tertiary/aromatic N) is 1. The van der Waals surface area contributed by atoms with Crippen LogP contribution in [-0.4, -0.2) is 31.4 Å². The van der Waals surface area contributed by atoms with Gasteiger partial charge in [0.15, 0.2) is 0 Å². The van der Waals surface area contributed by atoms with E-state index in [4.69, 9.17) is 28.3 Å². The maximum atomic E-state index is 12.1. The lowest BCUT2D eigenvalue weighted by atomic mass is 10.2. The van der Waals surface area contributed by atoms with Crippen LogP contribution in [0.3, 0.4) is 0 Å². The van der Waals surface area contributed by atoms with Crippen molar-refractivity contribution in [2.24, 2.45) is 0 Å². The number of aliphatic hydroxyl groups is 1. The van der Waals surface area contributed by atoms with Gasteiger partial charge in [-0.25, -0.2) is 12.7 Å². The van der Waals surface area contributed by atoms with Gasteiger partial charge < -0.3 is 5.11 Å². The van der Waals surface area contributed by atoms with Gasteiger partial charge in [0.05, 0.1) is 11.6 Å². The van der Waals surface area contributed by atoms with Gasteiger partial charge in [-0.05, 0) is 17.7 Å². The van der Waals surface area contributed by atoms with E-state index in [9.17, 15) is 8.42 Å². The molecule has 0 heterocycles. The highest BCUT2D eigenvalue weighted by Gasteiger charge is 2.23. The second-order valence-electron chi connectivity index (χ2n) is 3.45. The molecular weight excluding hydrogens is 285 g/mol. The molecule has 0 aromatic heterocycles. The Labute approximate surface area is 111 Å². The van der Waals surface area contributed by atoms with Gasteiger partial charge in [-0.1, -0.05) is 30.1 Å². The fraction of sp³-hybridized carbons (Fsp3) is 0.400. The Balaban J connectivity index is 3.42. The summed E-state index contributed by atoms with van der Waals surface area (Å²) in [5.41, 5.74) is 0.333. The van der Waals surface area contributed by atoms with Gasteiger partial charge in [-0.15, -0.1) is 0 Å². The predicted octanol–water partition coefficient (Wildman–Crippen LogP) is 2.13. The zero-order valence-electron chi connectivity index (χ0n) is 9.44. The van der Waals surface area contributed by atoms with Crippen LogP contribution in [0, 0.1) is 0 Å². The summed E-state index contributed by atoms with van der Waals surface area (Å²) in [4.78, 5) is -0.0445. The number of halogens is 2. The minimum atomic E-state index is -3.64. The molecule has 0 bridgehead atoms. The molecule has 0 saturated carbocycles. The zero-order chi connectivity index (χ0) is 13.2. The lowest BCUT2D eigenvalue weighted by Gasteiger charge is -2.16. The van der Waals surface area contributed by atoms with Gasteiger partial charge in [-0.2, -0.15) is 0 Å². The molecule has 0 spiro atoms. The first-order valence-electron chi connectivity index (χ1n) is 4.89. The Morgan fingerprint density at radius 1 is 1.29 bits per heavy atom. The molecule has 1 aromatic rings. The van der Waals surface area contributed by atoms with Gasteiger partial charge in [-0.3, -0.25) is 0 Å². The summed E-state index contributed by atoms with van der Waals surface area (Å²) in [5, 5.41) is 9.35. The molecule has 1 N–H and O–H groups in total. The number of hydrogen-bond donors (Lipinski definition) is 1. The van der Waals surface area contributed by atoms with Crippen LogP contribution in [0.4, 0.5) is 0 Å². The van der Waals surface area contributed by atoms with Crippen molar-refractivity contribution in [2.45, 2.75) is 18.4 Å². The molecule has 0 aliphatic rings. The van der Waals surface area contributed by atoms with Crippen molar-refractivity contribution < 1.29 is 13.5 Å². The number of sulfonamides is 1. The summed E-state index contributed by atoms with van der Waals surface area (Å²) in [5.74, 6) is 0. The Morgan fingerprint density at radius 2 is 1.88 bits per heavy atom. The fourth-order valence-electron chi connectivity index (χ4n) is 1.23. The second kappa shape index (κ2) is 5.54. The minimum absolute atomic E-state index is 0.0445. The van der Waals surface area contributed by atoms with Crippen LogP contribution in [0.1, 0.15) is 12.5 Å². The number of hydrogen-bond acceptors (Lipinski definition) is 3. The number of benzene rings is 1. The zero-order valence-corrected chi connectivity index (χ0v) is 11.8. The third-order valence-corrected chi connectivity index (χ3v) is 5.15. The molecular formula is C10H13Cl2NO3S. The normalized spacial score (nSPS) is 12.1. The lowest BCUT2D eigenvalue weighted by molar-refractivity contribution is 0.281. The van der Waals surface area contributed by atoms with Gasteiger partial charge in [0.2, 0.25) is 10.0 Å². The molecule has 17 heavy (non-hydrogen) atoms. The molecule has 0 radical (unpaired) electrons. The van der Waals surface area contributed by atoms with E-state index in [1.54, 1.807) is 6.92 Å². The average molecular weight is 298 g/mol. The summed E-state index contributed by atoms with van der Waals surface area (Å²) in [7, 11) is -2.18. The molecule has 0 unspecified atom stereocenters. The fourth-order valence-corrected chi connectivity index (χ4v) is 3.24. The Hall–Kier alpha value is -0.330. The molecule has 0 saturated heterocycles. The molecule has 0 aliphatic carbocycles. The van der Waals surface area contributed by atoms with Crippen molar-refractivity contribution >= 4 is 33.2 Å². The van der Waals surface area contributed by atoms with Crippen LogP contribution in [0.25, 0.3) is 0 Å². The quantitative estimate of drug-likeness (QED) is 0.926. The lowest BCUT2D eigenvalue weighted by Crippen LogP contribution is -2.26. The summed E-state index contributed by atoms with van der Waals surface area (Å²) < 4.78 is 25.3. The molecule has 1 aromatic carbocycles. The molecule has 4 nitrogen and oxygen atoms in total. The van der Waals surface area contributed by atoms with E-state index >= 15 is 0 Å². The SMILES string of the molecule is CCN(C)S(=O)(=O)c1cc(CO)c(Cl)cc1Cl. The van der Waals surface area contributed by atoms with E-state index in [1.807, 2.05) is 0 Å². The smallest absolute Gasteiger partial charge is 0.244 e. The van der Waals surface area contributed by atoms with E-state index in [0.717, 1.165) is 0 Å². The maximum absolute atomic E-state index is 12.1. The van der Waals surface area contributed by atoms with Gasteiger partial charge >= 0.3 is 0 Å². The molecule has 0 amide bonds. The number of rotatable bonds is 4. The Morgan fingerprint density at radius 3 is 2.35 bits per heavy atom. The molecule has 0 fully saturated rings. The summed E-state index contributed by atoms with van der Waals surface area (Å²) >= 11 is 11.7. The molecule has 1 rings (SSSR count). The highest BCUT2D eigenvalue weighted by atomic mass is 35.5. The van der Waals surface area contributed by atoms with E-state index in [0.29, 0.717) is 12.1 Å². The van der Waals surface area contributed by atoms with E-state index < -0.39 is 10.0 Å². The van der Waals surface area contributed by atoms with Gasteiger partial charge in [0.1, 0.15) is 4.90 Å². The highest BCUT2D eigenvalue weighted by Crippen LogP contribution is 2.30. The van der Waals surface area contributed by atoms with E-state index in [1.165, 1.54) is 23.5 Å². The first-order chi connectivity index (χ1) is 7.84. The van der Waals surface area contributed by atoms with Crippen LogP contribution in [0.5, 0.6) is 0 Å². The van der Waals surface area contributed by atoms with Crippen molar-refractivity contribution in [3.05, 3.63) is 27.7 Å². The number of aliphatic hydroxyl groups excluding tert-OH is 1. The third-order valence-electron chi connectivity index (χ3n) is 2.40. The van der Waals surface area contributed by atoms with Gasteiger partial charge in [0, 0.05) is 18.6 Å². The van der Waals surface area contributed by atoms with Crippen molar-refractivity contribution in [3.8, 4) is 0 Å². The minimum Gasteiger partial charge on any atom is -0.392 e. The summed E-state index contributed by atoms with van der Waals surface area (Å²) in [6.07, 6.45) is 0. The summed E-state index contributed by atoms with van der Waals surface area (Å²) in [6, 6.07) is 2.62. The van der Waals surface area contributed by atoms with E-state index in [-0.39, 0.29) is 21.5 Å². The van der Waals surface area contributed by atoms with Crippen LogP contribution >= 0.6 is 23.2 Å². The first kappa shape index (κ1) is 14.7. The average Bonchev–Trinajstić information content (AvgIpc) is 2.27. The van der Waals surface area contributed by atoms with Crippen molar-refractivity contribution in [3.63, 3.8) is 0 Å². The standard InChI is InChI=1S/C10H13Cl2NO3S/c1-3-13(2)17(15,16)10-4-7(6-14)8(11)5-9(10)12/h4-5,14H,3,6H2,1-2H3. The highest BCUT2D eigenvalue weighted by molar-refractivity contribution is 7.89. The maximum Gasteiger partial charge on any atom is 0.244 e. The van der Waals surface area contributed by atoms with Gasteiger partial charge in [0.25, 0.3) is 0 Å². The predicted molar refractivity (Wildman–Crippen MR) is 67.9 cm³/mol. The van der Waals surface area contributed by atoms with Crippen LogP contribution in [-0.2, 0) is 16.6 Å². The molecule has 96 valence electrons. The largest absolute Gasteiger partial charge is 0.392 e. The molecule has 0 aliphatic heterocycles. The second-order valence-corrected chi connectivity index (χ2v) is 6.28. The van der Waals surface area contributed by atoms with Crippen LogP contribution in [0.2, 0.25) is 10.0 Å². The van der Waals surface area contributed by atoms with Crippen LogP contribution in [0.15, 0.2) is 17.0 Å². The van der Waals surface area contributed by atoms with Crippen LogP contribution < -0.4 is 0 Å². The third kappa shape index (κ3) is 2.92. The van der Waals surface area contributed by atoms with Crippen molar-refractivity contribution in [1.29, 1.82) is 0 Å². The monoisotopic (exact) mass is 297 g/mol. The topological polar surface area (TPSA) is 57.6 Å². The summed E-state index contributed by atoms with van der Waals surface area (Å²) in [6.45, 7) is 1.71. The van der Waals surface area contributed by atoms with Crippen molar-refractivity contribution in [1.82, 2.24) is 4.31 Å². The molecule has 7 heteroatoms.